The Labute approximate surface area is 84.5 Å². The first kappa shape index (κ1) is 9.41. The van der Waals surface area contributed by atoms with E-state index in [1.165, 1.54) is 0 Å². The third-order valence-electron chi connectivity index (χ3n) is 3.09. The summed E-state index contributed by atoms with van der Waals surface area (Å²) in [4.78, 5) is 14.0. The fourth-order valence-electron chi connectivity index (χ4n) is 2.00. The van der Waals surface area contributed by atoms with Gasteiger partial charge < -0.3 is 0 Å². The summed E-state index contributed by atoms with van der Waals surface area (Å²) in [6, 6.07) is 10.1. The second kappa shape index (κ2) is 3.54. The van der Waals surface area contributed by atoms with Crippen molar-refractivity contribution in [2.24, 2.45) is 0 Å². The topological polar surface area (TPSA) is 20.3 Å². The van der Waals surface area contributed by atoms with Crippen LogP contribution >= 0.6 is 0 Å². The number of Topliss-reactive ketones (excluding diaryl/α,β-unsaturated/α-hetero) is 1. The minimum atomic E-state index is 0.0696. The van der Waals surface area contributed by atoms with E-state index < -0.39 is 0 Å². The summed E-state index contributed by atoms with van der Waals surface area (Å²) in [5, 5.41) is 0. The highest BCUT2D eigenvalue weighted by Gasteiger charge is 2.35. The van der Waals surface area contributed by atoms with Crippen LogP contribution in [0.2, 0.25) is 0 Å². The first-order chi connectivity index (χ1) is 6.70. The molecule has 74 valence electrons. The van der Waals surface area contributed by atoms with Gasteiger partial charge in [0.25, 0.3) is 0 Å². The van der Waals surface area contributed by atoms with E-state index in [1.54, 1.807) is 0 Å². The van der Waals surface area contributed by atoms with Crippen LogP contribution in [0.3, 0.4) is 0 Å². The van der Waals surface area contributed by atoms with Crippen LogP contribution in [-0.2, 0) is 4.79 Å². The summed E-state index contributed by atoms with van der Waals surface area (Å²) >= 11 is 0. The molecule has 0 bridgehead atoms. The summed E-state index contributed by atoms with van der Waals surface area (Å²) in [5.41, 5.74) is 1.15. The van der Waals surface area contributed by atoms with Gasteiger partial charge in [0.2, 0.25) is 0 Å². The highest BCUT2D eigenvalue weighted by atomic mass is 16.1. The highest BCUT2D eigenvalue weighted by molar-refractivity contribution is 5.92. The molecule has 1 saturated heterocycles. The van der Waals surface area contributed by atoms with Crippen molar-refractivity contribution in [3.63, 3.8) is 0 Å². The Kier molecular flexibility index (Phi) is 2.38. The molecule has 2 unspecified atom stereocenters. The normalized spacial score (nSPS) is 28.3. The van der Waals surface area contributed by atoms with Gasteiger partial charge in [0.1, 0.15) is 0 Å². The predicted octanol–water partition coefficient (Wildman–Crippen LogP) is 1.67. The standard InChI is InChI=1S/C12H15NO/c1-9-12(14)11(8-13(9)2)10-6-4-3-5-7-10/h3-7,9,11H,8H2,1-2H3. The number of ketones is 1. The fraction of sp³-hybridized carbons (Fsp3) is 0.417. The van der Waals surface area contributed by atoms with Crippen LogP contribution < -0.4 is 0 Å². The second-order valence-corrected chi connectivity index (χ2v) is 3.98. The number of likely N-dealkylation sites (N-methyl/N-ethyl adjacent to an activating group) is 1. The van der Waals surface area contributed by atoms with E-state index in [0.29, 0.717) is 5.78 Å². The average Bonchev–Trinajstić information content (AvgIpc) is 2.47. The van der Waals surface area contributed by atoms with Gasteiger partial charge in [-0.1, -0.05) is 30.3 Å². The molecule has 0 aliphatic carbocycles. The molecule has 14 heavy (non-hydrogen) atoms. The van der Waals surface area contributed by atoms with Crippen LogP contribution in [0.15, 0.2) is 30.3 Å². The lowest BCUT2D eigenvalue weighted by atomic mass is 9.96. The Bertz CT molecular complexity index is 333. The van der Waals surface area contributed by atoms with Crippen LogP contribution in [0.5, 0.6) is 0 Å². The minimum absolute atomic E-state index is 0.0696. The second-order valence-electron chi connectivity index (χ2n) is 3.98. The molecule has 0 saturated carbocycles. The summed E-state index contributed by atoms with van der Waals surface area (Å²) in [6.45, 7) is 2.83. The number of nitrogens with zero attached hydrogens (tertiary/aromatic N) is 1. The summed E-state index contributed by atoms with van der Waals surface area (Å²) in [5.74, 6) is 0.426. The van der Waals surface area contributed by atoms with Gasteiger partial charge in [0.05, 0.1) is 12.0 Å². The number of hydrogen-bond donors (Lipinski definition) is 0. The molecule has 0 radical (unpaired) electrons. The minimum Gasteiger partial charge on any atom is -0.297 e. The molecule has 0 aromatic heterocycles. The molecule has 0 spiro atoms. The zero-order valence-corrected chi connectivity index (χ0v) is 8.60. The maximum absolute atomic E-state index is 11.9. The van der Waals surface area contributed by atoms with Crippen LogP contribution in [0.25, 0.3) is 0 Å². The highest BCUT2D eigenvalue weighted by Crippen LogP contribution is 2.26. The number of rotatable bonds is 1. The molecule has 2 rings (SSSR count). The predicted molar refractivity (Wildman–Crippen MR) is 56.3 cm³/mol. The van der Waals surface area contributed by atoms with Crippen molar-refractivity contribution in [2.45, 2.75) is 18.9 Å². The first-order valence-corrected chi connectivity index (χ1v) is 4.99. The lowest BCUT2D eigenvalue weighted by Gasteiger charge is -2.10. The van der Waals surface area contributed by atoms with Gasteiger partial charge in [-0.3, -0.25) is 9.69 Å². The zero-order chi connectivity index (χ0) is 10.1. The zero-order valence-electron chi connectivity index (χ0n) is 8.60. The molecular weight excluding hydrogens is 174 g/mol. The van der Waals surface area contributed by atoms with Crippen molar-refractivity contribution in [3.05, 3.63) is 35.9 Å². The van der Waals surface area contributed by atoms with Crippen molar-refractivity contribution >= 4 is 5.78 Å². The lowest BCUT2D eigenvalue weighted by molar-refractivity contribution is -0.120. The third kappa shape index (κ3) is 1.46. The van der Waals surface area contributed by atoms with Crippen LogP contribution in [0.4, 0.5) is 0 Å². The number of benzene rings is 1. The van der Waals surface area contributed by atoms with Crippen molar-refractivity contribution in [3.8, 4) is 0 Å². The lowest BCUT2D eigenvalue weighted by Crippen LogP contribution is -2.25. The molecule has 0 amide bonds. The van der Waals surface area contributed by atoms with Crippen molar-refractivity contribution in [1.29, 1.82) is 0 Å². The molecule has 1 aromatic carbocycles. The third-order valence-corrected chi connectivity index (χ3v) is 3.09. The van der Waals surface area contributed by atoms with Crippen molar-refractivity contribution in [2.75, 3.05) is 13.6 Å². The fourth-order valence-corrected chi connectivity index (χ4v) is 2.00. The molecule has 2 atom stereocenters. The Hall–Kier alpha value is -1.15. The van der Waals surface area contributed by atoms with Gasteiger partial charge in [-0.25, -0.2) is 0 Å². The van der Waals surface area contributed by atoms with Crippen molar-refractivity contribution in [1.82, 2.24) is 4.90 Å². The molecule has 0 N–H and O–H groups in total. The summed E-state index contributed by atoms with van der Waals surface area (Å²) in [7, 11) is 2.01. The van der Waals surface area contributed by atoms with E-state index in [-0.39, 0.29) is 12.0 Å². The van der Waals surface area contributed by atoms with E-state index in [9.17, 15) is 4.79 Å². The molecule has 1 aliphatic rings. The molecule has 1 aromatic rings. The molecule has 1 heterocycles. The molecule has 1 aliphatic heterocycles. The Morgan fingerprint density at radius 1 is 1.29 bits per heavy atom. The quantitative estimate of drug-likeness (QED) is 0.670. The summed E-state index contributed by atoms with van der Waals surface area (Å²) < 4.78 is 0. The van der Waals surface area contributed by atoms with E-state index >= 15 is 0 Å². The van der Waals surface area contributed by atoms with Gasteiger partial charge in [0, 0.05) is 6.54 Å². The maximum atomic E-state index is 11.9. The van der Waals surface area contributed by atoms with Gasteiger partial charge >= 0.3 is 0 Å². The van der Waals surface area contributed by atoms with E-state index in [0.717, 1.165) is 12.1 Å². The van der Waals surface area contributed by atoms with Gasteiger partial charge in [-0.2, -0.15) is 0 Å². The number of likely N-dealkylation sites (tertiary alicyclic amines) is 1. The van der Waals surface area contributed by atoms with Gasteiger partial charge in [0.15, 0.2) is 5.78 Å². The number of carbonyl (C=O) groups is 1. The molecule has 2 nitrogen and oxygen atoms in total. The van der Waals surface area contributed by atoms with E-state index in [4.69, 9.17) is 0 Å². The SMILES string of the molecule is CC1C(=O)C(c2ccccc2)CN1C. The molecular formula is C12H15NO. The monoisotopic (exact) mass is 189 g/mol. The van der Waals surface area contributed by atoms with Crippen LogP contribution in [-0.4, -0.2) is 30.3 Å². The smallest absolute Gasteiger partial charge is 0.158 e. The molecule has 2 heteroatoms. The maximum Gasteiger partial charge on any atom is 0.158 e. The largest absolute Gasteiger partial charge is 0.297 e. The first-order valence-electron chi connectivity index (χ1n) is 4.99. The van der Waals surface area contributed by atoms with Gasteiger partial charge in [-0.05, 0) is 19.5 Å². The van der Waals surface area contributed by atoms with Crippen molar-refractivity contribution < 1.29 is 4.79 Å². The average molecular weight is 189 g/mol. The van der Waals surface area contributed by atoms with Gasteiger partial charge in [-0.15, -0.1) is 0 Å². The van der Waals surface area contributed by atoms with E-state index in [2.05, 4.69) is 4.90 Å². The van der Waals surface area contributed by atoms with E-state index in [1.807, 2.05) is 44.3 Å². The van der Waals surface area contributed by atoms with Crippen LogP contribution in [0, 0.1) is 0 Å². The Balaban J connectivity index is 2.26. The number of hydrogen-bond acceptors (Lipinski definition) is 2. The molecule has 1 fully saturated rings. The van der Waals surface area contributed by atoms with Crippen LogP contribution in [0.1, 0.15) is 18.4 Å². The summed E-state index contributed by atoms with van der Waals surface area (Å²) in [6.07, 6.45) is 0. The Morgan fingerprint density at radius 2 is 1.93 bits per heavy atom. The Morgan fingerprint density at radius 3 is 2.43 bits per heavy atom. The number of carbonyl (C=O) groups excluding carboxylic acids is 1.